The smallest absolute Gasteiger partial charge is 0.346 e. The third-order valence-corrected chi connectivity index (χ3v) is 22.2. The summed E-state index contributed by atoms with van der Waals surface area (Å²) in [6.07, 6.45) is 0.183. The zero-order valence-electron chi connectivity index (χ0n) is 54.1. The van der Waals surface area contributed by atoms with E-state index in [1.807, 2.05) is 62.4 Å². The number of nitrogens with zero attached hydrogens (tertiary/aromatic N) is 1. The van der Waals surface area contributed by atoms with Crippen LogP contribution in [0.3, 0.4) is 0 Å². The standard InChI is InChI=1S/C69H90N10O11SSi.ClH/c1-46(2)37-56(64(84)75-57(39-59(70)80)65(85)77-58(38-49-23-13-8-14-24-49)67(87)89-42-51-27-17-10-18-28-51)76-66(86)62(48(4)88-41-50-25-15-9-16-26-50)78-63(83)47(3)72-60(81)40-71-61(82)45-91-44-53-34-36-79-35-33-52(73-68(79)74-53)43-90-92(69(5,6)7,54-29-19-11-20-30-54)55-31-21-12-22-32-55;/h8-32,46-48,52-53,56-58,62H,33-45H2,1-7H3,(H9,70,71,72,73,74,75,76,77,78,80,81,82,83,84,85,86);1H/t47-,48+,52+,53+,56-,57-,58-,62-;/m0./s1. The molecule has 0 aromatic heterocycles. The van der Waals surface area contributed by atoms with Crippen LogP contribution >= 0.6 is 11.8 Å². The van der Waals surface area contributed by atoms with Gasteiger partial charge in [0, 0.05) is 25.0 Å². The molecule has 8 atom stereocenters. The van der Waals surface area contributed by atoms with Crippen LogP contribution in [0.2, 0.25) is 5.04 Å². The van der Waals surface area contributed by atoms with Crippen LogP contribution in [0.5, 0.6) is 0 Å². The van der Waals surface area contributed by atoms with E-state index in [0.29, 0.717) is 23.5 Å². The molecule has 0 aliphatic carbocycles. The lowest BCUT2D eigenvalue weighted by Crippen LogP contribution is -3.00. The number of nitrogens with two attached hydrogens (primary N) is 1. The van der Waals surface area contributed by atoms with Crippen molar-refractivity contribution >= 4 is 83.7 Å². The number of benzene rings is 5. The summed E-state index contributed by atoms with van der Waals surface area (Å²) in [6, 6.07) is 41.6. The first-order valence-corrected chi connectivity index (χ1v) is 34.6. The van der Waals surface area contributed by atoms with Crippen molar-refractivity contribution in [1.29, 1.82) is 0 Å². The largest absolute Gasteiger partial charge is 1.00 e. The molecule has 2 heterocycles. The molecular formula is C69H91ClN10O11SSi. The van der Waals surface area contributed by atoms with E-state index < -0.39 is 99.0 Å². The van der Waals surface area contributed by atoms with E-state index in [4.69, 9.17) is 19.6 Å². The molecule has 10 N–H and O–H groups in total. The van der Waals surface area contributed by atoms with Crippen LogP contribution in [-0.4, -0.2) is 152 Å². The molecule has 0 fully saturated rings. The first-order valence-electron chi connectivity index (χ1n) is 31.5. The fourth-order valence-electron chi connectivity index (χ4n) is 11.2. The molecule has 0 spiro atoms. The Morgan fingerprint density at radius 1 is 0.613 bits per heavy atom. The highest BCUT2D eigenvalue weighted by Gasteiger charge is 2.51. The summed E-state index contributed by atoms with van der Waals surface area (Å²) in [5, 5.41) is 25.6. The lowest BCUT2D eigenvalue weighted by atomic mass is 10.0. The molecule has 5 aromatic rings. The van der Waals surface area contributed by atoms with Gasteiger partial charge < -0.3 is 63.9 Å². The van der Waals surface area contributed by atoms with Crippen LogP contribution in [-0.2, 0) is 71.9 Å². The maximum absolute atomic E-state index is 14.5. The van der Waals surface area contributed by atoms with E-state index in [1.54, 1.807) is 61.5 Å². The van der Waals surface area contributed by atoms with Crippen LogP contribution in [0.1, 0.15) is 90.8 Å². The second-order valence-corrected chi connectivity index (χ2v) is 30.2. The van der Waals surface area contributed by atoms with Crippen molar-refractivity contribution in [3.8, 4) is 0 Å². The number of guanidine groups is 1. The maximum atomic E-state index is 14.5. The summed E-state index contributed by atoms with van der Waals surface area (Å²) in [5.74, 6) is -4.59. The lowest BCUT2D eigenvalue weighted by molar-refractivity contribution is -0.542. The number of rotatable bonds is 33. The topological polar surface area (TPSA) is 290 Å². The molecule has 0 bridgehead atoms. The van der Waals surface area contributed by atoms with Gasteiger partial charge in [-0.3, -0.25) is 48.8 Å². The van der Waals surface area contributed by atoms with Gasteiger partial charge in [0.2, 0.25) is 41.4 Å². The van der Waals surface area contributed by atoms with Gasteiger partial charge >= 0.3 is 11.9 Å². The number of hydrogen-bond donors (Lipinski definition) is 9. The Bertz CT molecular complexity index is 3240. The highest BCUT2D eigenvalue weighted by Crippen LogP contribution is 2.37. The number of ether oxygens (including phenoxy) is 2. The summed E-state index contributed by atoms with van der Waals surface area (Å²) in [4.78, 5) is 109. The minimum atomic E-state index is -2.73. The Kier molecular flexibility index (Phi) is 28.9. The second kappa shape index (κ2) is 36.4. The fraction of sp³-hybridized carbons (Fsp3) is 0.435. The Morgan fingerprint density at radius 3 is 1.68 bits per heavy atom. The molecule has 7 amide bonds. The van der Waals surface area contributed by atoms with E-state index in [9.17, 15) is 38.4 Å². The Balaban J connectivity index is 0.0000137. The number of halogens is 1. The zero-order valence-corrected chi connectivity index (χ0v) is 56.7. The fourth-order valence-corrected chi connectivity index (χ4v) is 16.7. The summed E-state index contributed by atoms with van der Waals surface area (Å²) in [6.45, 7) is 15.3. The SMILES string of the molecule is CC(C)C[C@H](NC(=O)[C@@H](NC(=O)[C@H](C)NC(=O)CNC(=O)CSC[C@H]1CC[N+]2=C(N[C@@H](CO[Si](c3ccccc3)(c3ccccc3)C(C)(C)C)CC2)N1)[C@@H](C)OCc1ccccc1)C(=O)N[C@@H](CC(N)=O)C(=O)N[C@@H](Cc1ccccc1)C(=O)OCc1ccccc1.[Cl-]. The predicted octanol–water partition coefficient (Wildman–Crippen LogP) is 0.465. The third-order valence-electron chi connectivity index (χ3n) is 16.1. The second-order valence-electron chi connectivity index (χ2n) is 24.9. The number of primary amides is 1. The Hall–Kier alpha value is -8.09. The van der Waals surface area contributed by atoms with Gasteiger partial charge in [0.1, 0.15) is 36.8 Å². The van der Waals surface area contributed by atoms with Crippen molar-refractivity contribution in [3.05, 3.63) is 168 Å². The molecule has 7 rings (SSSR count). The van der Waals surface area contributed by atoms with Crippen molar-refractivity contribution in [2.75, 3.05) is 37.7 Å². The quantitative estimate of drug-likeness (QED) is 0.0157. The average Bonchev–Trinajstić information content (AvgIpc) is 0.751. The van der Waals surface area contributed by atoms with Gasteiger partial charge in [-0.25, -0.2) is 4.79 Å². The van der Waals surface area contributed by atoms with Crippen LogP contribution < -0.4 is 71.0 Å². The van der Waals surface area contributed by atoms with Gasteiger partial charge in [-0.1, -0.05) is 186 Å². The summed E-state index contributed by atoms with van der Waals surface area (Å²) >= 11 is 1.45. The normalized spacial score (nSPS) is 16.5. The zero-order chi connectivity index (χ0) is 66.2. The highest BCUT2D eigenvalue weighted by atomic mass is 35.5. The number of carbonyl (C=O) groups excluding carboxylic acids is 8. The third kappa shape index (κ3) is 22.6. The van der Waals surface area contributed by atoms with Crippen molar-refractivity contribution in [2.45, 2.75) is 147 Å². The summed E-state index contributed by atoms with van der Waals surface area (Å²) < 4.78 is 21.3. The minimum absolute atomic E-state index is 0. The first kappa shape index (κ1) is 74.0. The molecule has 0 saturated heterocycles. The summed E-state index contributed by atoms with van der Waals surface area (Å²) in [7, 11) is -2.73. The van der Waals surface area contributed by atoms with Crippen molar-refractivity contribution in [1.82, 2.24) is 42.5 Å². The maximum Gasteiger partial charge on any atom is 0.346 e. The molecule has 24 heteroatoms. The van der Waals surface area contributed by atoms with Gasteiger partial charge in [-0.05, 0) is 58.3 Å². The molecule has 5 aromatic carbocycles. The van der Waals surface area contributed by atoms with Gasteiger partial charge in [-0.15, -0.1) is 11.8 Å². The van der Waals surface area contributed by atoms with Crippen molar-refractivity contribution < 1.29 is 69.2 Å². The minimum Gasteiger partial charge on any atom is -1.00 e. The van der Waals surface area contributed by atoms with E-state index in [0.717, 1.165) is 37.5 Å². The van der Waals surface area contributed by atoms with Crippen LogP contribution in [0.25, 0.3) is 0 Å². The van der Waals surface area contributed by atoms with E-state index in [2.05, 4.69) is 116 Å². The number of amides is 7. The Morgan fingerprint density at radius 2 is 1.12 bits per heavy atom. The number of carbonyl (C=O) groups is 8. The summed E-state index contributed by atoms with van der Waals surface area (Å²) in [5.41, 5.74) is 7.79. The number of hydrogen-bond acceptors (Lipinski definition) is 14. The van der Waals surface area contributed by atoms with E-state index in [1.165, 1.54) is 29.1 Å². The van der Waals surface area contributed by atoms with Crippen molar-refractivity contribution in [2.24, 2.45) is 11.7 Å². The van der Waals surface area contributed by atoms with Crippen LogP contribution in [0, 0.1) is 5.92 Å². The average molecular weight is 1330 g/mol. The number of nitrogens with one attached hydrogen (secondary N) is 8. The van der Waals surface area contributed by atoms with Crippen molar-refractivity contribution in [3.63, 3.8) is 0 Å². The van der Waals surface area contributed by atoms with Gasteiger partial charge in [0.15, 0.2) is 0 Å². The molecule has 2 aliphatic rings. The molecular weight excluding hydrogens is 1240 g/mol. The monoisotopic (exact) mass is 1330 g/mol. The van der Waals surface area contributed by atoms with Gasteiger partial charge in [0.25, 0.3) is 8.32 Å². The number of esters is 1. The Labute approximate surface area is 557 Å². The molecule has 0 unspecified atom stereocenters. The van der Waals surface area contributed by atoms with Crippen LogP contribution in [0.4, 0.5) is 0 Å². The molecule has 93 heavy (non-hydrogen) atoms. The van der Waals surface area contributed by atoms with Gasteiger partial charge in [0.05, 0.1) is 63.2 Å². The number of thioether (sulfide) groups is 1. The molecule has 0 saturated carbocycles. The lowest BCUT2D eigenvalue weighted by Gasteiger charge is -2.44. The first-order chi connectivity index (χ1) is 44.1. The molecule has 500 valence electrons. The van der Waals surface area contributed by atoms with E-state index >= 15 is 0 Å². The van der Waals surface area contributed by atoms with Crippen LogP contribution in [0.15, 0.2) is 152 Å². The molecule has 0 radical (unpaired) electrons. The molecule has 21 nitrogen and oxygen atoms in total. The van der Waals surface area contributed by atoms with Gasteiger partial charge in [-0.2, -0.15) is 0 Å². The highest BCUT2D eigenvalue weighted by molar-refractivity contribution is 8.00. The predicted molar refractivity (Wildman–Crippen MR) is 358 cm³/mol. The molecule has 2 aliphatic heterocycles. The van der Waals surface area contributed by atoms with E-state index in [-0.39, 0.29) is 73.2 Å².